The lowest BCUT2D eigenvalue weighted by Crippen LogP contribution is -2.41. The van der Waals surface area contributed by atoms with Gasteiger partial charge in [0, 0.05) is 29.7 Å². The fourth-order valence-corrected chi connectivity index (χ4v) is 2.77. The lowest BCUT2D eigenvalue weighted by atomic mass is 10.1. The molecule has 0 aromatic heterocycles. The van der Waals surface area contributed by atoms with E-state index in [1.165, 1.54) is 32.4 Å². The van der Waals surface area contributed by atoms with Crippen LogP contribution in [0.2, 0.25) is 5.02 Å². The Balaban J connectivity index is 1.79. The first-order valence-corrected chi connectivity index (χ1v) is 7.46. The predicted molar refractivity (Wildman–Crippen MR) is 79.7 cm³/mol. The maximum absolute atomic E-state index is 9.76. The first-order valence-electron chi connectivity index (χ1n) is 7.08. The van der Waals surface area contributed by atoms with E-state index in [-0.39, 0.29) is 0 Å². The van der Waals surface area contributed by atoms with E-state index in [1.54, 1.807) is 12.1 Å². The minimum Gasteiger partial charge on any atom is -0.508 e. The average Bonchev–Trinajstić information content (AvgIpc) is 2.41. The van der Waals surface area contributed by atoms with Crippen molar-refractivity contribution in [2.45, 2.75) is 38.8 Å². The van der Waals surface area contributed by atoms with E-state index in [1.807, 2.05) is 6.07 Å². The van der Waals surface area contributed by atoms with E-state index in [2.05, 4.69) is 17.1 Å². The monoisotopic (exact) mass is 282 g/mol. The van der Waals surface area contributed by atoms with E-state index in [4.69, 9.17) is 11.6 Å². The Bertz CT molecular complexity index is 405. The molecule has 0 aliphatic carbocycles. The lowest BCUT2D eigenvalue weighted by Gasteiger charge is -2.29. The van der Waals surface area contributed by atoms with E-state index in [9.17, 15) is 5.11 Å². The number of aromatic hydroxyl groups is 1. The molecule has 106 valence electrons. The summed E-state index contributed by atoms with van der Waals surface area (Å²) in [6, 6.07) is 5.58. The molecular weight excluding hydrogens is 260 g/mol. The normalized spacial score (nSPS) is 18.4. The maximum atomic E-state index is 9.76. The van der Waals surface area contributed by atoms with Crippen molar-refractivity contribution < 1.29 is 5.11 Å². The van der Waals surface area contributed by atoms with Crippen LogP contribution in [-0.2, 0) is 6.54 Å². The van der Waals surface area contributed by atoms with Crippen LogP contribution in [0.25, 0.3) is 0 Å². The summed E-state index contributed by atoms with van der Waals surface area (Å²) in [5, 5.41) is 13.9. The molecule has 4 heteroatoms. The van der Waals surface area contributed by atoms with Gasteiger partial charge >= 0.3 is 0 Å². The Morgan fingerprint density at radius 2 is 2.05 bits per heavy atom. The molecule has 0 bridgehead atoms. The van der Waals surface area contributed by atoms with Crippen LogP contribution >= 0.6 is 11.6 Å². The maximum Gasteiger partial charge on any atom is 0.120 e. The smallest absolute Gasteiger partial charge is 0.120 e. The minimum absolute atomic E-state index is 0.307. The third-order valence-electron chi connectivity index (χ3n) is 3.66. The van der Waals surface area contributed by atoms with Crippen LogP contribution < -0.4 is 5.32 Å². The number of phenols is 1. The van der Waals surface area contributed by atoms with Crippen LogP contribution in [-0.4, -0.2) is 35.7 Å². The number of likely N-dealkylation sites (tertiary alicyclic amines) is 1. The molecule has 19 heavy (non-hydrogen) atoms. The van der Waals surface area contributed by atoms with Crippen LogP contribution in [0.3, 0.4) is 0 Å². The molecule has 1 fully saturated rings. The van der Waals surface area contributed by atoms with Gasteiger partial charge in [0.2, 0.25) is 0 Å². The van der Waals surface area contributed by atoms with E-state index in [0.717, 1.165) is 12.1 Å². The van der Waals surface area contributed by atoms with Gasteiger partial charge in [-0.15, -0.1) is 0 Å². The Kier molecular flexibility index (Phi) is 5.49. The van der Waals surface area contributed by atoms with Gasteiger partial charge in [0.25, 0.3) is 0 Å². The molecule has 1 atom stereocenters. The highest BCUT2D eigenvalue weighted by atomic mass is 35.5. The minimum atomic E-state index is 0.307. The van der Waals surface area contributed by atoms with Crippen molar-refractivity contribution in [1.82, 2.24) is 10.2 Å². The molecule has 2 rings (SSSR count). The molecule has 1 aliphatic rings. The molecule has 1 aromatic carbocycles. The third kappa shape index (κ3) is 4.68. The standard InChI is InChI=1S/C15H23ClN2O/c1-12(11-18-7-3-2-4-8-18)17-10-13-9-14(16)5-6-15(13)19/h5-6,9,12,17,19H,2-4,7-8,10-11H2,1H3. The number of nitrogens with one attached hydrogen (secondary N) is 1. The Hall–Kier alpha value is -0.770. The van der Waals surface area contributed by atoms with Gasteiger partial charge in [-0.1, -0.05) is 18.0 Å². The molecule has 1 unspecified atom stereocenters. The highest BCUT2D eigenvalue weighted by Crippen LogP contribution is 2.21. The Morgan fingerprint density at radius 3 is 2.79 bits per heavy atom. The second-order valence-corrected chi connectivity index (χ2v) is 5.85. The summed E-state index contributed by atoms with van der Waals surface area (Å²) in [6.07, 6.45) is 4.01. The quantitative estimate of drug-likeness (QED) is 0.871. The molecule has 1 aromatic rings. The summed E-state index contributed by atoms with van der Waals surface area (Å²) in [5.74, 6) is 0.307. The predicted octanol–water partition coefficient (Wildman–Crippen LogP) is 3.01. The lowest BCUT2D eigenvalue weighted by molar-refractivity contribution is 0.208. The zero-order chi connectivity index (χ0) is 13.7. The second kappa shape index (κ2) is 7.13. The number of halogens is 1. The van der Waals surface area contributed by atoms with E-state index < -0.39 is 0 Å². The van der Waals surface area contributed by atoms with Gasteiger partial charge in [-0.2, -0.15) is 0 Å². The first kappa shape index (κ1) is 14.6. The summed E-state index contributed by atoms with van der Waals surface area (Å²) in [4.78, 5) is 2.51. The van der Waals surface area contributed by atoms with Crippen LogP contribution in [0.5, 0.6) is 5.75 Å². The summed E-state index contributed by atoms with van der Waals surface area (Å²) >= 11 is 5.94. The largest absolute Gasteiger partial charge is 0.508 e. The topological polar surface area (TPSA) is 35.5 Å². The zero-order valence-corrected chi connectivity index (χ0v) is 12.3. The first-order chi connectivity index (χ1) is 9.15. The molecule has 1 heterocycles. The summed E-state index contributed by atoms with van der Waals surface area (Å²) in [5.41, 5.74) is 0.859. The second-order valence-electron chi connectivity index (χ2n) is 5.42. The van der Waals surface area contributed by atoms with E-state index >= 15 is 0 Å². The highest BCUT2D eigenvalue weighted by molar-refractivity contribution is 6.30. The molecule has 0 saturated carbocycles. The Labute approximate surface area is 120 Å². The summed E-state index contributed by atoms with van der Waals surface area (Å²) in [7, 11) is 0. The van der Waals surface area contributed by atoms with Crippen LogP contribution in [0.1, 0.15) is 31.7 Å². The van der Waals surface area contributed by atoms with Crippen LogP contribution in [0.4, 0.5) is 0 Å². The van der Waals surface area contributed by atoms with Crippen molar-refractivity contribution in [2.24, 2.45) is 0 Å². The number of nitrogens with zero attached hydrogens (tertiary/aromatic N) is 1. The third-order valence-corrected chi connectivity index (χ3v) is 3.90. The number of rotatable bonds is 5. The number of hydrogen-bond acceptors (Lipinski definition) is 3. The molecule has 0 spiro atoms. The van der Waals surface area contributed by atoms with Crippen molar-refractivity contribution in [3.05, 3.63) is 28.8 Å². The molecule has 1 saturated heterocycles. The van der Waals surface area contributed by atoms with Crippen LogP contribution in [0, 0.1) is 0 Å². The number of hydrogen-bond donors (Lipinski definition) is 2. The van der Waals surface area contributed by atoms with Gasteiger partial charge in [0.05, 0.1) is 0 Å². The number of phenolic OH excluding ortho intramolecular Hbond substituents is 1. The Morgan fingerprint density at radius 1 is 1.32 bits per heavy atom. The van der Waals surface area contributed by atoms with Gasteiger partial charge in [0.1, 0.15) is 5.75 Å². The van der Waals surface area contributed by atoms with Crippen molar-refractivity contribution in [3.63, 3.8) is 0 Å². The summed E-state index contributed by atoms with van der Waals surface area (Å²) in [6.45, 7) is 6.35. The highest BCUT2D eigenvalue weighted by Gasteiger charge is 2.13. The van der Waals surface area contributed by atoms with Gasteiger partial charge < -0.3 is 15.3 Å². The molecule has 0 radical (unpaired) electrons. The van der Waals surface area contributed by atoms with Gasteiger partial charge in [-0.05, 0) is 51.1 Å². The average molecular weight is 283 g/mol. The van der Waals surface area contributed by atoms with Crippen molar-refractivity contribution in [1.29, 1.82) is 0 Å². The molecule has 1 aliphatic heterocycles. The number of piperidine rings is 1. The van der Waals surface area contributed by atoms with Crippen molar-refractivity contribution >= 4 is 11.6 Å². The van der Waals surface area contributed by atoms with Crippen molar-refractivity contribution in [3.8, 4) is 5.75 Å². The summed E-state index contributed by atoms with van der Waals surface area (Å²) < 4.78 is 0. The van der Waals surface area contributed by atoms with E-state index in [0.29, 0.717) is 23.4 Å². The van der Waals surface area contributed by atoms with Crippen LogP contribution in [0.15, 0.2) is 18.2 Å². The molecular formula is C15H23ClN2O. The van der Waals surface area contributed by atoms with Gasteiger partial charge in [-0.25, -0.2) is 0 Å². The number of benzene rings is 1. The van der Waals surface area contributed by atoms with Crippen molar-refractivity contribution in [2.75, 3.05) is 19.6 Å². The zero-order valence-electron chi connectivity index (χ0n) is 11.5. The molecule has 2 N–H and O–H groups in total. The fourth-order valence-electron chi connectivity index (χ4n) is 2.57. The SMILES string of the molecule is CC(CN1CCCCC1)NCc1cc(Cl)ccc1O. The van der Waals surface area contributed by atoms with Gasteiger partial charge in [-0.3, -0.25) is 0 Å². The molecule has 3 nitrogen and oxygen atoms in total. The fraction of sp³-hybridized carbons (Fsp3) is 0.600. The molecule has 0 amide bonds. The van der Waals surface area contributed by atoms with Gasteiger partial charge in [0.15, 0.2) is 0 Å².